The van der Waals surface area contributed by atoms with Gasteiger partial charge in [-0.05, 0) is 32.6 Å². The summed E-state index contributed by atoms with van der Waals surface area (Å²) in [5.74, 6) is 0.266. The van der Waals surface area contributed by atoms with E-state index in [0.29, 0.717) is 18.9 Å². The van der Waals surface area contributed by atoms with Gasteiger partial charge in [0, 0.05) is 12.3 Å². The lowest BCUT2D eigenvalue weighted by molar-refractivity contribution is -0.143. The van der Waals surface area contributed by atoms with Gasteiger partial charge < -0.3 is 14.6 Å². The molecule has 0 aromatic carbocycles. The van der Waals surface area contributed by atoms with E-state index in [1.807, 2.05) is 6.92 Å². The highest BCUT2D eigenvalue weighted by atomic mass is 16.6. The molecule has 1 aliphatic heterocycles. The maximum Gasteiger partial charge on any atom is 0.305 e. The molecule has 4 nitrogen and oxygen atoms in total. The van der Waals surface area contributed by atoms with Crippen LogP contribution in [0.2, 0.25) is 0 Å². The standard InChI is InChI=1S/C21H40O4/c1-3-5-6-12-15-19-17-18(21(23)25-19)14-11-9-7-8-10-13-16-20(22)24-4-2/h18-19,21,23H,3-17H2,1-2H3. The van der Waals surface area contributed by atoms with Crippen LogP contribution in [0.1, 0.15) is 104 Å². The topological polar surface area (TPSA) is 55.8 Å². The van der Waals surface area contributed by atoms with Crippen LogP contribution in [0, 0.1) is 5.92 Å². The van der Waals surface area contributed by atoms with Gasteiger partial charge in [-0.3, -0.25) is 4.79 Å². The van der Waals surface area contributed by atoms with Crippen molar-refractivity contribution in [3.05, 3.63) is 0 Å². The fraction of sp³-hybridized carbons (Fsp3) is 0.952. The molecule has 3 atom stereocenters. The molecular weight excluding hydrogens is 316 g/mol. The van der Waals surface area contributed by atoms with Gasteiger partial charge in [0.25, 0.3) is 0 Å². The van der Waals surface area contributed by atoms with Crippen LogP contribution in [0.25, 0.3) is 0 Å². The number of aliphatic hydroxyl groups excluding tert-OH is 1. The van der Waals surface area contributed by atoms with Crippen LogP contribution in [-0.4, -0.2) is 30.1 Å². The Morgan fingerprint density at radius 2 is 1.60 bits per heavy atom. The Labute approximate surface area is 154 Å². The number of hydrogen-bond acceptors (Lipinski definition) is 4. The fourth-order valence-corrected chi connectivity index (χ4v) is 3.68. The van der Waals surface area contributed by atoms with Crippen LogP contribution in [0.5, 0.6) is 0 Å². The van der Waals surface area contributed by atoms with Gasteiger partial charge in [-0.15, -0.1) is 0 Å². The van der Waals surface area contributed by atoms with Crippen LogP contribution < -0.4 is 0 Å². The molecule has 148 valence electrons. The quantitative estimate of drug-likeness (QED) is 0.317. The normalized spacial score (nSPS) is 23.1. The van der Waals surface area contributed by atoms with Crippen LogP contribution in [0.4, 0.5) is 0 Å². The zero-order chi connectivity index (χ0) is 18.3. The van der Waals surface area contributed by atoms with Gasteiger partial charge in [0.2, 0.25) is 0 Å². The minimum atomic E-state index is -0.541. The monoisotopic (exact) mass is 356 g/mol. The second-order valence-corrected chi connectivity index (χ2v) is 7.46. The predicted molar refractivity (Wildman–Crippen MR) is 101 cm³/mol. The van der Waals surface area contributed by atoms with Crippen LogP contribution >= 0.6 is 0 Å². The van der Waals surface area contributed by atoms with Crippen molar-refractivity contribution in [1.82, 2.24) is 0 Å². The number of rotatable bonds is 15. The van der Waals surface area contributed by atoms with Crippen molar-refractivity contribution < 1.29 is 19.4 Å². The molecule has 4 heteroatoms. The van der Waals surface area contributed by atoms with E-state index < -0.39 is 6.29 Å². The van der Waals surface area contributed by atoms with E-state index in [9.17, 15) is 9.90 Å². The minimum absolute atomic E-state index is 0.0676. The third-order valence-electron chi connectivity index (χ3n) is 5.19. The summed E-state index contributed by atoms with van der Waals surface area (Å²) in [5.41, 5.74) is 0. The maximum atomic E-state index is 11.2. The van der Waals surface area contributed by atoms with Gasteiger partial charge in [-0.2, -0.15) is 0 Å². The van der Waals surface area contributed by atoms with Crippen molar-refractivity contribution in [2.24, 2.45) is 5.92 Å². The van der Waals surface area contributed by atoms with Crippen molar-refractivity contribution in [3.63, 3.8) is 0 Å². The SMILES string of the molecule is CCCCCCC1CC(CCCCCCCCC(=O)OCC)C(O)O1. The molecule has 3 unspecified atom stereocenters. The zero-order valence-corrected chi connectivity index (χ0v) is 16.5. The first-order valence-electron chi connectivity index (χ1n) is 10.7. The Bertz CT molecular complexity index is 332. The summed E-state index contributed by atoms with van der Waals surface area (Å²) in [6, 6.07) is 0. The Hall–Kier alpha value is -0.610. The molecule has 1 aliphatic rings. The molecule has 1 heterocycles. The molecule has 0 aliphatic carbocycles. The highest BCUT2D eigenvalue weighted by Crippen LogP contribution is 2.32. The molecule has 1 N–H and O–H groups in total. The molecule has 0 radical (unpaired) electrons. The predicted octanol–water partition coefficient (Wildman–Crippen LogP) is 5.36. The number of carbonyl (C=O) groups is 1. The molecular formula is C21H40O4. The average Bonchev–Trinajstić information content (AvgIpc) is 2.94. The first-order chi connectivity index (χ1) is 12.2. The van der Waals surface area contributed by atoms with E-state index in [1.54, 1.807) is 0 Å². The Kier molecular flexibility index (Phi) is 13.1. The van der Waals surface area contributed by atoms with Crippen LogP contribution in [-0.2, 0) is 14.3 Å². The number of hydrogen-bond donors (Lipinski definition) is 1. The molecule has 0 aromatic heterocycles. The van der Waals surface area contributed by atoms with E-state index in [2.05, 4.69) is 6.92 Å². The summed E-state index contributed by atoms with van der Waals surface area (Å²) < 4.78 is 10.6. The van der Waals surface area contributed by atoms with Gasteiger partial charge in [0.1, 0.15) is 0 Å². The zero-order valence-electron chi connectivity index (χ0n) is 16.5. The summed E-state index contributed by atoms with van der Waals surface area (Å²) in [7, 11) is 0. The van der Waals surface area contributed by atoms with Gasteiger partial charge in [-0.25, -0.2) is 0 Å². The van der Waals surface area contributed by atoms with E-state index in [1.165, 1.54) is 51.4 Å². The molecule has 0 amide bonds. The second kappa shape index (κ2) is 14.5. The van der Waals surface area contributed by atoms with Crippen molar-refractivity contribution in [2.75, 3.05) is 6.61 Å². The minimum Gasteiger partial charge on any atom is -0.466 e. The summed E-state index contributed by atoms with van der Waals surface area (Å²) in [4.78, 5) is 11.2. The number of esters is 1. The number of unbranched alkanes of at least 4 members (excludes halogenated alkanes) is 8. The van der Waals surface area contributed by atoms with Gasteiger partial charge in [-0.1, -0.05) is 64.7 Å². The molecule has 1 rings (SSSR count). The Morgan fingerprint density at radius 3 is 2.32 bits per heavy atom. The highest BCUT2D eigenvalue weighted by molar-refractivity contribution is 5.69. The molecule has 1 saturated heterocycles. The van der Waals surface area contributed by atoms with Crippen molar-refractivity contribution in [1.29, 1.82) is 0 Å². The van der Waals surface area contributed by atoms with Crippen molar-refractivity contribution in [2.45, 2.75) is 116 Å². The number of ether oxygens (including phenoxy) is 2. The van der Waals surface area contributed by atoms with E-state index in [-0.39, 0.29) is 12.1 Å². The lowest BCUT2D eigenvalue weighted by atomic mass is 9.95. The molecule has 0 bridgehead atoms. The van der Waals surface area contributed by atoms with E-state index >= 15 is 0 Å². The third kappa shape index (κ3) is 10.9. The first-order valence-corrected chi connectivity index (χ1v) is 10.7. The molecule has 0 aromatic rings. The first kappa shape index (κ1) is 22.4. The van der Waals surface area contributed by atoms with Crippen LogP contribution in [0.3, 0.4) is 0 Å². The lowest BCUT2D eigenvalue weighted by Gasteiger charge is -2.12. The summed E-state index contributed by atoms with van der Waals surface area (Å²) >= 11 is 0. The van der Waals surface area contributed by atoms with Gasteiger partial charge in [0.15, 0.2) is 6.29 Å². The number of carbonyl (C=O) groups excluding carboxylic acids is 1. The van der Waals surface area contributed by atoms with Gasteiger partial charge in [0.05, 0.1) is 12.7 Å². The second-order valence-electron chi connectivity index (χ2n) is 7.46. The van der Waals surface area contributed by atoms with E-state index in [0.717, 1.165) is 32.1 Å². The average molecular weight is 357 g/mol. The smallest absolute Gasteiger partial charge is 0.305 e. The molecule has 0 saturated carbocycles. The Morgan fingerprint density at radius 1 is 0.960 bits per heavy atom. The van der Waals surface area contributed by atoms with Crippen molar-refractivity contribution in [3.8, 4) is 0 Å². The molecule has 25 heavy (non-hydrogen) atoms. The van der Waals surface area contributed by atoms with Gasteiger partial charge >= 0.3 is 5.97 Å². The number of aliphatic hydroxyl groups is 1. The summed E-state index contributed by atoms with van der Waals surface area (Å²) in [5, 5.41) is 10.1. The van der Waals surface area contributed by atoms with Crippen LogP contribution in [0.15, 0.2) is 0 Å². The largest absolute Gasteiger partial charge is 0.466 e. The fourth-order valence-electron chi connectivity index (χ4n) is 3.68. The lowest BCUT2D eigenvalue weighted by Crippen LogP contribution is -2.15. The van der Waals surface area contributed by atoms with Crippen molar-refractivity contribution >= 4 is 5.97 Å². The van der Waals surface area contributed by atoms with E-state index in [4.69, 9.17) is 9.47 Å². The third-order valence-corrected chi connectivity index (χ3v) is 5.19. The maximum absolute atomic E-state index is 11.2. The summed E-state index contributed by atoms with van der Waals surface area (Å²) in [6.07, 6.45) is 15.4. The molecule has 0 spiro atoms. The highest BCUT2D eigenvalue weighted by Gasteiger charge is 2.32. The molecule has 1 fully saturated rings. The summed E-state index contributed by atoms with van der Waals surface area (Å²) in [6.45, 7) is 4.56. The Balaban J connectivity index is 1.95.